The molecule has 8 heteroatoms. The predicted molar refractivity (Wildman–Crippen MR) is 175 cm³/mol. The van der Waals surface area contributed by atoms with Crippen LogP contribution in [0.1, 0.15) is 75.0 Å². The van der Waals surface area contributed by atoms with Gasteiger partial charge in [0.05, 0.1) is 17.7 Å². The van der Waals surface area contributed by atoms with Crippen molar-refractivity contribution >= 4 is 22.8 Å². The lowest BCUT2D eigenvalue weighted by molar-refractivity contribution is -0.136. The summed E-state index contributed by atoms with van der Waals surface area (Å²) < 4.78 is 5.58. The van der Waals surface area contributed by atoms with E-state index in [4.69, 9.17) is 4.74 Å². The maximum atomic E-state index is 14.2. The van der Waals surface area contributed by atoms with Crippen molar-refractivity contribution in [1.82, 2.24) is 24.9 Å². The second kappa shape index (κ2) is 13.9. The number of para-hydroxylation sites is 1. The Morgan fingerprint density at radius 1 is 1.07 bits per heavy atom. The number of ether oxygens (including phenoxy) is 1. The van der Waals surface area contributed by atoms with Gasteiger partial charge in [-0.25, -0.2) is 4.79 Å². The summed E-state index contributed by atoms with van der Waals surface area (Å²) in [5.74, 6) is -0.148. The van der Waals surface area contributed by atoms with E-state index < -0.39 is 11.1 Å². The number of aromatic nitrogens is 2. The SMILES string of the molecule is CC/C=C\C=C/CN1CN(Cc2cccc(C(=O)OC(C)(C)C)c2)C(=O)C12CCN(CCCc1[nH]nc3ccccc13)CC2. The Labute approximate surface area is 261 Å². The average Bonchev–Trinajstić information content (AvgIpc) is 3.52. The van der Waals surface area contributed by atoms with Gasteiger partial charge in [0.15, 0.2) is 0 Å². The van der Waals surface area contributed by atoms with Crippen molar-refractivity contribution in [3.63, 3.8) is 0 Å². The number of likely N-dealkylation sites (tertiary alicyclic amines) is 1. The molecule has 2 saturated heterocycles. The molecular formula is C36H47N5O3. The lowest BCUT2D eigenvalue weighted by atomic mass is 9.85. The quantitative estimate of drug-likeness (QED) is 0.212. The van der Waals surface area contributed by atoms with E-state index in [1.807, 2.05) is 56.0 Å². The Bertz CT molecular complexity index is 1490. The monoisotopic (exact) mass is 597 g/mol. The highest BCUT2D eigenvalue weighted by atomic mass is 16.6. The summed E-state index contributed by atoms with van der Waals surface area (Å²) in [6, 6.07) is 15.7. The van der Waals surface area contributed by atoms with E-state index in [-0.39, 0.29) is 11.9 Å². The number of allylic oxidation sites excluding steroid dienone is 3. The van der Waals surface area contributed by atoms with Gasteiger partial charge in [-0.1, -0.05) is 61.6 Å². The lowest BCUT2D eigenvalue weighted by Gasteiger charge is -2.42. The minimum Gasteiger partial charge on any atom is -0.456 e. The molecule has 2 fully saturated rings. The van der Waals surface area contributed by atoms with Crippen LogP contribution in [0.2, 0.25) is 0 Å². The summed E-state index contributed by atoms with van der Waals surface area (Å²) in [7, 11) is 0. The molecule has 2 aliphatic heterocycles. The second-order valence-electron chi connectivity index (χ2n) is 13.0. The number of hydrogen-bond donors (Lipinski definition) is 1. The molecule has 0 unspecified atom stereocenters. The zero-order chi connectivity index (χ0) is 31.2. The molecule has 0 bridgehead atoms. The fraction of sp³-hybridized carbons (Fsp3) is 0.472. The van der Waals surface area contributed by atoms with Crippen molar-refractivity contribution < 1.29 is 14.3 Å². The van der Waals surface area contributed by atoms with Crippen LogP contribution in [0.15, 0.2) is 72.8 Å². The summed E-state index contributed by atoms with van der Waals surface area (Å²) in [6.45, 7) is 12.3. The average molecular weight is 598 g/mol. The van der Waals surface area contributed by atoms with E-state index in [9.17, 15) is 9.59 Å². The first-order chi connectivity index (χ1) is 21.2. The van der Waals surface area contributed by atoms with Crippen LogP contribution in [0.5, 0.6) is 0 Å². The molecule has 1 spiro atoms. The van der Waals surface area contributed by atoms with E-state index in [1.54, 1.807) is 6.07 Å². The summed E-state index contributed by atoms with van der Waals surface area (Å²) in [6.07, 6.45) is 13.1. The van der Waals surface area contributed by atoms with Crippen LogP contribution in [-0.4, -0.2) is 80.8 Å². The molecule has 0 saturated carbocycles. The van der Waals surface area contributed by atoms with Crippen molar-refractivity contribution in [2.45, 2.75) is 77.5 Å². The normalized spacial score (nSPS) is 18.0. The molecule has 0 aliphatic carbocycles. The van der Waals surface area contributed by atoms with Gasteiger partial charge in [0.1, 0.15) is 11.1 Å². The predicted octanol–water partition coefficient (Wildman–Crippen LogP) is 6.11. The maximum absolute atomic E-state index is 14.2. The Morgan fingerprint density at radius 3 is 2.61 bits per heavy atom. The number of carbonyl (C=O) groups excluding carboxylic acids is 2. The van der Waals surface area contributed by atoms with Gasteiger partial charge in [-0.15, -0.1) is 0 Å². The zero-order valence-corrected chi connectivity index (χ0v) is 26.7. The first-order valence-electron chi connectivity index (χ1n) is 16.0. The van der Waals surface area contributed by atoms with Gasteiger partial charge in [-0.05, 0) is 83.2 Å². The molecule has 1 amide bonds. The number of aromatic amines is 1. The molecule has 2 aromatic carbocycles. The Balaban J connectivity index is 1.23. The molecule has 0 atom stereocenters. The third kappa shape index (κ3) is 7.48. The molecule has 3 aromatic rings. The summed E-state index contributed by atoms with van der Waals surface area (Å²) in [5, 5.41) is 8.86. The molecule has 2 aliphatic rings. The minimum absolute atomic E-state index is 0.196. The molecule has 1 aromatic heterocycles. The highest BCUT2D eigenvalue weighted by Gasteiger charge is 2.52. The van der Waals surface area contributed by atoms with E-state index in [0.717, 1.165) is 69.4 Å². The largest absolute Gasteiger partial charge is 0.456 e. The standard InChI is InChI=1S/C36H47N5O3/c1-5-6-7-8-11-22-41-27-40(26-28-14-12-15-29(25-28)33(42)44-35(2,3)4)34(43)36(41)19-23-39(24-20-36)21-13-18-32-30-16-9-10-17-31(30)37-38-32/h6-12,14-17,25H,5,13,18-24,26-27H2,1-4H3,(H,37,38)/b7-6-,11-8-. The number of fused-ring (bicyclic) bond motifs is 1. The third-order valence-electron chi connectivity index (χ3n) is 8.64. The molecule has 0 radical (unpaired) electrons. The van der Waals surface area contributed by atoms with Crippen molar-refractivity contribution in [3.8, 4) is 0 Å². The van der Waals surface area contributed by atoms with Crippen molar-refractivity contribution in [3.05, 3.63) is 89.7 Å². The summed E-state index contributed by atoms with van der Waals surface area (Å²) in [4.78, 5) is 33.7. The number of carbonyl (C=O) groups is 2. The smallest absolute Gasteiger partial charge is 0.338 e. The van der Waals surface area contributed by atoms with E-state index >= 15 is 0 Å². The van der Waals surface area contributed by atoms with Crippen molar-refractivity contribution in [2.24, 2.45) is 0 Å². The summed E-state index contributed by atoms with van der Waals surface area (Å²) in [5.41, 5.74) is 2.59. The van der Waals surface area contributed by atoms with E-state index in [1.165, 1.54) is 11.1 Å². The number of esters is 1. The molecular weight excluding hydrogens is 550 g/mol. The van der Waals surface area contributed by atoms with Gasteiger partial charge in [-0.2, -0.15) is 5.10 Å². The highest BCUT2D eigenvalue weighted by Crippen LogP contribution is 2.37. The van der Waals surface area contributed by atoms with Crippen LogP contribution < -0.4 is 0 Å². The van der Waals surface area contributed by atoms with Crippen molar-refractivity contribution in [1.29, 1.82) is 0 Å². The number of H-pyrrole nitrogens is 1. The number of aryl methyl sites for hydroxylation is 1. The van der Waals surface area contributed by atoms with Crippen molar-refractivity contribution in [2.75, 3.05) is 32.8 Å². The van der Waals surface area contributed by atoms with Crippen LogP contribution in [-0.2, 0) is 22.5 Å². The second-order valence-corrected chi connectivity index (χ2v) is 13.0. The van der Waals surface area contributed by atoms with Crippen LogP contribution in [0.4, 0.5) is 0 Å². The topological polar surface area (TPSA) is 81.8 Å². The maximum Gasteiger partial charge on any atom is 0.338 e. The van der Waals surface area contributed by atoms with E-state index in [0.29, 0.717) is 18.8 Å². The highest BCUT2D eigenvalue weighted by molar-refractivity contribution is 5.90. The minimum atomic E-state index is -0.562. The fourth-order valence-corrected chi connectivity index (χ4v) is 6.39. The Kier molecular flexibility index (Phi) is 10.0. The van der Waals surface area contributed by atoms with Gasteiger partial charge in [-0.3, -0.25) is 14.8 Å². The molecule has 3 heterocycles. The number of amides is 1. The van der Waals surface area contributed by atoms with Gasteiger partial charge in [0, 0.05) is 37.3 Å². The van der Waals surface area contributed by atoms with E-state index in [2.05, 4.69) is 63.4 Å². The number of nitrogens with one attached hydrogen (secondary N) is 1. The molecule has 5 rings (SSSR count). The van der Waals surface area contributed by atoms with Crippen LogP contribution in [0, 0.1) is 0 Å². The molecule has 8 nitrogen and oxygen atoms in total. The number of benzene rings is 2. The molecule has 1 N–H and O–H groups in total. The Morgan fingerprint density at radius 2 is 1.84 bits per heavy atom. The van der Waals surface area contributed by atoms with Gasteiger partial charge >= 0.3 is 5.97 Å². The van der Waals surface area contributed by atoms with Crippen LogP contribution in [0.3, 0.4) is 0 Å². The zero-order valence-electron chi connectivity index (χ0n) is 26.7. The number of piperidine rings is 1. The van der Waals surface area contributed by atoms with Crippen LogP contribution >= 0.6 is 0 Å². The van der Waals surface area contributed by atoms with Gasteiger partial charge < -0.3 is 14.5 Å². The molecule has 234 valence electrons. The fourth-order valence-electron chi connectivity index (χ4n) is 6.39. The number of nitrogens with zero attached hydrogens (tertiary/aromatic N) is 4. The van der Waals surface area contributed by atoms with Gasteiger partial charge in [0.25, 0.3) is 0 Å². The third-order valence-corrected chi connectivity index (χ3v) is 8.64. The van der Waals surface area contributed by atoms with Crippen LogP contribution in [0.25, 0.3) is 10.9 Å². The first-order valence-corrected chi connectivity index (χ1v) is 16.0. The molecule has 44 heavy (non-hydrogen) atoms. The number of rotatable bonds is 11. The Hall–Kier alpha value is -3.75. The number of hydrogen-bond acceptors (Lipinski definition) is 6. The lowest BCUT2D eigenvalue weighted by Crippen LogP contribution is -2.56. The first kappa shape index (κ1) is 31.7. The van der Waals surface area contributed by atoms with Gasteiger partial charge in [0.2, 0.25) is 5.91 Å². The summed E-state index contributed by atoms with van der Waals surface area (Å²) >= 11 is 0.